The highest BCUT2D eigenvalue weighted by molar-refractivity contribution is 6.63. The van der Waals surface area contributed by atoms with Crippen molar-refractivity contribution in [1.82, 2.24) is 0 Å². The van der Waals surface area contributed by atoms with E-state index in [1.807, 2.05) is 0 Å². The molecule has 0 spiro atoms. The third kappa shape index (κ3) is 4.39. The minimum atomic E-state index is -0.451. The van der Waals surface area contributed by atoms with Crippen molar-refractivity contribution in [2.75, 3.05) is 13.9 Å². The van der Waals surface area contributed by atoms with Crippen LogP contribution in [0.5, 0.6) is 5.75 Å². The molecule has 2 bridgehead atoms. The summed E-state index contributed by atoms with van der Waals surface area (Å²) in [5.74, 6) is 0.922. The summed E-state index contributed by atoms with van der Waals surface area (Å²) < 4.78 is 24.8. The molecule has 3 aliphatic rings. The van der Waals surface area contributed by atoms with Gasteiger partial charge in [0.25, 0.3) is 0 Å². The van der Waals surface area contributed by atoms with Gasteiger partial charge in [0.05, 0.1) is 11.2 Å². The SMILES string of the molecule is CCC1(C)CC2(C)CCCC(c3cc(C)cc(B4OC(C)(C)C(C)(C)O4)c3OCOC)(C1)C2. The predicted molar refractivity (Wildman–Crippen MR) is 135 cm³/mol. The van der Waals surface area contributed by atoms with Gasteiger partial charge in [-0.25, -0.2) is 0 Å². The van der Waals surface area contributed by atoms with Crippen LogP contribution >= 0.6 is 0 Å². The second kappa shape index (κ2) is 8.27. The van der Waals surface area contributed by atoms with Crippen LogP contribution in [0.2, 0.25) is 0 Å². The smallest absolute Gasteiger partial charge is 0.468 e. The van der Waals surface area contributed by atoms with Gasteiger partial charge in [0.2, 0.25) is 0 Å². The predicted octanol–water partition coefficient (Wildman–Crippen LogP) is 6.31. The van der Waals surface area contributed by atoms with E-state index >= 15 is 0 Å². The number of benzene rings is 1. The van der Waals surface area contributed by atoms with Gasteiger partial charge in [-0.1, -0.05) is 51.3 Å². The van der Waals surface area contributed by atoms with Crippen molar-refractivity contribution in [3.8, 4) is 5.75 Å². The van der Waals surface area contributed by atoms with Gasteiger partial charge in [-0.3, -0.25) is 0 Å². The highest BCUT2D eigenvalue weighted by Crippen LogP contribution is 2.63. The molecule has 0 radical (unpaired) electrons. The fourth-order valence-corrected chi connectivity index (χ4v) is 7.25. The van der Waals surface area contributed by atoms with Gasteiger partial charge in [-0.15, -0.1) is 0 Å². The molecule has 0 aromatic heterocycles. The number of ether oxygens (including phenoxy) is 2. The van der Waals surface area contributed by atoms with Crippen molar-refractivity contribution in [2.45, 2.75) is 117 Å². The van der Waals surface area contributed by atoms with Crippen LogP contribution in [-0.2, 0) is 19.5 Å². The molecule has 1 saturated heterocycles. The largest absolute Gasteiger partial charge is 0.498 e. The highest BCUT2D eigenvalue weighted by atomic mass is 16.7. The topological polar surface area (TPSA) is 36.9 Å². The molecule has 0 amide bonds. The summed E-state index contributed by atoms with van der Waals surface area (Å²) in [7, 11) is 1.24. The van der Waals surface area contributed by atoms with E-state index in [1.54, 1.807) is 7.11 Å². The molecular formula is C28H45BO4. The maximum Gasteiger partial charge on any atom is 0.498 e. The van der Waals surface area contributed by atoms with Gasteiger partial charge in [0, 0.05) is 18.1 Å². The van der Waals surface area contributed by atoms with Gasteiger partial charge in [-0.05, 0) is 83.0 Å². The summed E-state index contributed by atoms with van der Waals surface area (Å²) in [4.78, 5) is 0. The molecule has 2 aliphatic carbocycles. The van der Waals surface area contributed by atoms with Crippen LogP contribution in [-0.4, -0.2) is 32.2 Å². The zero-order valence-electron chi connectivity index (χ0n) is 22.5. The fraction of sp³-hybridized carbons (Fsp3) is 0.786. The van der Waals surface area contributed by atoms with Crippen LogP contribution < -0.4 is 10.2 Å². The summed E-state index contributed by atoms with van der Waals surface area (Å²) in [6.07, 6.45) is 8.80. The fourth-order valence-electron chi connectivity index (χ4n) is 7.25. The number of hydrogen-bond acceptors (Lipinski definition) is 4. The molecule has 4 rings (SSSR count). The molecule has 0 N–H and O–H groups in total. The van der Waals surface area contributed by atoms with Crippen molar-refractivity contribution in [1.29, 1.82) is 0 Å². The van der Waals surface area contributed by atoms with Crippen LogP contribution in [0.3, 0.4) is 0 Å². The summed E-state index contributed by atoms with van der Waals surface area (Å²) in [6.45, 7) is 18.2. The van der Waals surface area contributed by atoms with Gasteiger partial charge >= 0.3 is 7.12 Å². The van der Waals surface area contributed by atoms with E-state index in [-0.39, 0.29) is 12.2 Å². The lowest BCUT2D eigenvalue weighted by atomic mass is 9.46. The van der Waals surface area contributed by atoms with E-state index in [0.717, 1.165) is 11.2 Å². The van der Waals surface area contributed by atoms with Crippen molar-refractivity contribution in [3.63, 3.8) is 0 Å². The van der Waals surface area contributed by atoms with Crippen molar-refractivity contribution in [2.24, 2.45) is 10.8 Å². The Bertz CT molecular complexity index is 878. The lowest BCUT2D eigenvalue weighted by Gasteiger charge is -2.58. The first-order valence-electron chi connectivity index (χ1n) is 12.9. The normalized spacial score (nSPS) is 35.0. The molecular weight excluding hydrogens is 411 g/mol. The molecule has 1 aromatic carbocycles. The first-order chi connectivity index (χ1) is 15.3. The van der Waals surface area contributed by atoms with Crippen molar-refractivity contribution < 1.29 is 18.8 Å². The standard InChI is InChI=1S/C28H45BO4/c1-10-26(7)16-27(8)12-11-13-28(17-26,18-27)21-14-20(2)15-22(23(21)31-19-30-9)29-32-24(3,4)25(5,6)33-29/h14-15H,10-13,16-19H2,1-9H3. The monoisotopic (exact) mass is 456 g/mol. The van der Waals surface area contributed by atoms with Crippen molar-refractivity contribution in [3.05, 3.63) is 23.3 Å². The first-order valence-corrected chi connectivity index (χ1v) is 12.9. The zero-order chi connectivity index (χ0) is 24.3. The molecule has 1 aliphatic heterocycles. The van der Waals surface area contributed by atoms with Gasteiger partial charge < -0.3 is 18.8 Å². The van der Waals surface area contributed by atoms with Crippen LogP contribution in [0.1, 0.15) is 105 Å². The minimum absolute atomic E-state index is 0.115. The number of rotatable bonds is 6. The Kier molecular flexibility index (Phi) is 6.29. The molecule has 1 heterocycles. The number of fused-ring (bicyclic) bond motifs is 2. The third-order valence-electron chi connectivity index (χ3n) is 9.33. The number of methoxy groups -OCH3 is 1. The minimum Gasteiger partial charge on any atom is -0.468 e. The van der Waals surface area contributed by atoms with E-state index < -0.39 is 18.3 Å². The quantitative estimate of drug-likeness (QED) is 0.372. The van der Waals surface area contributed by atoms with Crippen LogP contribution in [0.25, 0.3) is 0 Å². The average molecular weight is 456 g/mol. The molecule has 3 unspecified atom stereocenters. The molecule has 3 fully saturated rings. The van der Waals surface area contributed by atoms with Crippen LogP contribution in [0.4, 0.5) is 0 Å². The Morgan fingerprint density at radius 2 is 1.61 bits per heavy atom. The van der Waals surface area contributed by atoms with E-state index in [0.29, 0.717) is 10.8 Å². The number of aryl methyl sites for hydroxylation is 1. The summed E-state index contributed by atoms with van der Waals surface area (Å²) >= 11 is 0. The molecule has 33 heavy (non-hydrogen) atoms. The van der Waals surface area contributed by atoms with Gasteiger partial charge in [-0.2, -0.15) is 0 Å². The summed E-state index contributed by atoms with van der Waals surface area (Å²) in [6, 6.07) is 4.57. The lowest BCUT2D eigenvalue weighted by molar-refractivity contribution is -0.0226. The third-order valence-corrected chi connectivity index (χ3v) is 9.33. The van der Waals surface area contributed by atoms with Gasteiger partial charge in [0.1, 0.15) is 5.75 Å². The Balaban J connectivity index is 1.87. The van der Waals surface area contributed by atoms with E-state index in [9.17, 15) is 0 Å². The Labute approximate surface area is 202 Å². The second-order valence-corrected chi connectivity index (χ2v) is 13.0. The maximum atomic E-state index is 6.51. The Morgan fingerprint density at radius 3 is 2.21 bits per heavy atom. The van der Waals surface area contributed by atoms with Crippen LogP contribution in [0.15, 0.2) is 12.1 Å². The van der Waals surface area contributed by atoms with Crippen LogP contribution in [0, 0.1) is 17.8 Å². The second-order valence-electron chi connectivity index (χ2n) is 13.0. The summed E-state index contributed by atoms with van der Waals surface area (Å²) in [5.41, 5.74) is 3.64. The Morgan fingerprint density at radius 1 is 0.939 bits per heavy atom. The zero-order valence-corrected chi connectivity index (χ0v) is 22.5. The molecule has 184 valence electrons. The average Bonchev–Trinajstić information content (AvgIpc) is 2.92. The molecule has 5 heteroatoms. The highest BCUT2D eigenvalue weighted by Gasteiger charge is 2.56. The summed E-state index contributed by atoms with van der Waals surface area (Å²) in [5, 5.41) is 0. The molecule has 1 aromatic rings. The molecule has 2 saturated carbocycles. The maximum absolute atomic E-state index is 6.51. The first kappa shape index (κ1) is 25.1. The van der Waals surface area contributed by atoms with E-state index in [4.69, 9.17) is 18.8 Å². The van der Waals surface area contributed by atoms with Gasteiger partial charge in [0.15, 0.2) is 6.79 Å². The number of hydrogen-bond donors (Lipinski definition) is 0. The molecule has 3 atom stereocenters. The van der Waals surface area contributed by atoms with E-state index in [1.165, 1.54) is 56.1 Å². The lowest BCUT2D eigenvalue weighted by Crippen LogP contribution is -2.50. The van der Waals surface area contributed by atoms with Crippen molar-refractivity contribution >= 4 is 12.6 Å². The molecule has 4 nitrogen and oxygen atoms in total. The Hall–Kier alpha value is -1.04. The van der Waals surface area contributed by atoms with E-state index in [2.05, 4.69) is 67.5 Å².